The summed E-state index contributed by atoms with van der Waals surface area (Å²) < 4.78 is 0.0192. The van der Waals surface area contributed by atoms with Crippen LogP contribution in [0.15, 0.2) is 23.8 Å². The summed E-state index contributed by atoms with van der Waals surface area (Å²) >= 11 is 1.57. The minimum Gasteiger partial charge on any atom is -0.353 e. The first-order chi connectivity index (χ1) is 11.4. The highest BCUT2D eigenvalue weighted by molar-refractivity contribution is 8.15. The van der Waals surface area contributed by atoms with Crippen LogP contribution in [-0.2, 0) is 9.59 Å². The van der Waals surface area contributed by atoms with Crippen molar-refractivity contribution in [1.29, 1.82) is 0 Å². The fourth-order valence-electron chi connectivity index (χ4n) is 4.90. The zero-order valence-electron chi connectivity index (χ0n) is 15.0. The minimum absolute atomic E-state index is 0.0192. The molecule has 1 N–H and O–H groups in total. The molecule has 0 bridgehead atoms. The normalized spacial score (nSPS) is 38.4. The van der Waals surface area contributed by atoms with Crippen LogP contribution in [0.4, 0.5) is 0 Å². The van der Waals surface area contributed by atoms with Gasteiger partial charge in [0.1, 0.15) is 0 Å². The topological polar surface area (TPSA) is 46.2 Å². The quantitative estimate of drug-likeness (QED) is 0.830. The van der Waals surface area contributed by atoms with Crippen molar-refractivity contribution in [3.8, 4) is 0 Å². The molecule has 5 atom stereocenters. The van der Waals surface area contributed by atoms with Gasteiger partial charge in [-0.25, -0.2) is 0 Å². The number of fused-ring (bicyclic) bond motifs is 1. The van der Waals surface area contributed by atoms with E-state index in [1.165, 1.54) is 6.42 Å². The lowest BCUT2D eigenvalue weighted by molar-refractivity contribution is -0.120. The smallest absolute Gasteiger partial charge is 0.217 e. The largest absolute Gasteiger partial charge is 0.353 e. The molecule has 3 rings (SSSR count). The third kappa shape index (κ3) is 3.49. The van der Waals surface area contributed by atoms with Crippen molar-refractivity contribution in [2.24, 2.45) is 17.8 Å². The molecule has 3 nitrogen and oxygen atoms in total. The Hall–Kier alpha value is -1.03. The molecule has 0 aromatic heterocycles. The molecule has 0 radical (unpaired) electrons. The average molecular weight is 348 g/mol. The highest BCUT2D eigenvalue weighted by Gasteiger charge is 2.50. The van der Waals surface area contributed by atoms with Gasteiger partial charge >= 0.3 is 0 Å². The molecule has 4 heteroatoms. The summed E-state index contributed by atoms with van der Waals surface area (Å²) in [5.41, 5.74) is 0.973. The maximum atomic E-state index is 12.7. The van der Waals surface area contributed by atoms with Gasteiger partial charge in [0.25, 0.3) is 0 Å². The number of carbonyl (C=O) groups excluding carboxylic acids is 2. The Labute approximate surface area is 149 Å². The number of rotatable bonds is 3. The van der Waals surface area contributed by atoms with Crippen LogP contribution in [0.3, 0.4) is 0 Å². The average Bonchev–Trinajstić information content (AvgIpc) is 2.95. The second-order valence-corrected chi connectivity index (χ2v) is 9.41. The van der Waals surface area contributed by atoms with Gasteiger partial charge in [-0.05, 0) is 63.2 Å². The van der Waals surface area contributed by atoms with Crippen molar-refractivity contribution in [3.05, 3.63) is 23.8 Å². The van der Waals surface area contributed by atoms with Gasteiger partial charge in [0, 0.05) is 23.3 Å². The molecule has 0 aliphatic heterocycles. The van der Waals surface area contributed by atoms with Crippen LogP contribution < -0.4 is 5.32 Å². The molecule has 2 saturated carbocycles. The number of amides is 1. The van der Waals surface area contributed by atoms with Crippen LogP contribution in [0.2, 0.25) is 0 Å². The van der Waals surface area contributed by atoms with E-state index >= 15 is 0 Å². The fraction of sp³-hybridized carbons (Fsp3) is 0.700. The summed E-state index contributed by atoms with van der Waals surface area (Å²) in [6, 6.07) is 0.339. The summed E-state index contributed by atoms with van der Waals surface area (Å²) in [5, 5.41) is 3.42. The van der Waals surface area contributed by atoms with E-state index in [0.717, 1.165) is 37.7 Å². The van der Waals surface area contributed by atoms with Gasteiger partial charge in [0.2, 0.25) is 11.0 Å². The van der Waals surface area contributed by atoms with E-state index in [-0.39, 0.29) is 15.8 Å². The van der Waals surface area contributed by atoms with E-state index in [1.807, 2.05) is 12.2 Å². The summed E-state index contributed by atoms with van der Waals surface area (Å²) in [7, 11) is 0. The number of thioether (sulfide) groups is 1. The van der Waals surface area contributed by atoms with Crippen LogP contribution in [0.1, 0.15) is 59.3 Å². The van der Waals surface area contributed by atoms with E-state index in [1.54, 1.807) is 18.7 Å². The number of nitrogens with one attached hydrogen (secondary N) is 1. The third-order valence-electron chi connectivity index (χ3n) is 6.45. The van der Waals surface area contributed by atoms with Crippen molar-refractivity contribution < 1.29 is 9.59 Å². The summed E-state index contributed by atoms with van der Waals surface area (Å²) in [5.74, 6) is 1.80. The molecule has 3 aliphatic carbocycles. The number of allylic oxidation sites excluding steroid dienone is 3. The van der Waals surface area contributed by atoms with Gasteiger partial charge in [0.05, 0.1) is 0 Å². The van der Waals surface area contributed by atoms with Crippen LogP contribution in [0, 0.1) is 17.8 Å². The van der Waals surface area contributed by atoms with Crippen LogP contribution >= 0.6 is 11.8 Å². The molecule has 0 saturated heterocycles. The summed E-state index contributed by atoms with van der Waals surface area (Å²) in [6.45, 7) is 6.22. The van der Waals surface area contributed by atoms with Crippen LogP contribution in [0.25, 0.3) is 0 Å². The Morgan fingerprint density at radius 2 is 2.04 bits per heavy atom. The Kier molecular flexibility index (Phi) is 5.24. The molecule has 1 amide bonds. The van der Waals surface area contributed by atoms with Gasteiger partial charge in [-0.3, -0.25) is 9.59 Å². The van der Waals surface area contributed by atoms with Crippen molar-refractivity contribution in [1.82, 2.24) is 5.32 Å². The van der Waals surface area contributed by atoms with Gasteiger partial charge in [-0.1, -0.05) is 36.9 Å². The molecule has 0 aromatic carbocycles. The van der Waals surface area contributed by atoms with Gasteiger partial charge in [-0.15, -0.1) is 0 Å². The van der Waals surface area contributed by atoms with Crippen molar-refractivity contribution in [2.75, 3.05) is 0 Å². The number of carbonyl (C=O) groups is 2. The van der Waals surface area contributed by atoms with Crippen LogP contribution in [0.5, 0.6) is 0 Å². The first-order valence-corrected chi connectivity index (χ1v) is 10.1. The fourth-order valence-corrected chi connectivity index (χ4v) is 6.21. The monoisotopic (exact) mass is 347 g/mol. The maximum Gasteiger partial charge on any atom is 0.217 e. The van der Waals surface area contributed by atoms with E-state index < -0.39 is 0 Å². The zero-order valence-corrected chi connectivity index (χ0v) is 15.8. The second kappa shape index (κ2) is 7.07. The van der Waals surface area contributed by atoms with E-state index in [2.05, 4.69) is 25.2 Å². The minimum atomic E-state index is 0.0192. The highest BCUT2D eigenvalue weighted by Crippen LogP contribution is 2.54. The van der Waals surface area contributed by atoms with Crippen molar-refractivity contribution >= 4 is 22.8 Å². The molecule has 5 unspecified atom stereocenters. The van der Waals surface area contributed by atoms with E-state index in [4.69, 9.17) is 0 Å². The van der Waals surface area contributed by atoms with Crippen molar-refractivity contribution in [3.63, 3.8) is 0 Å². The lowest BCUT2D eigenvalue weighted by atomic mass is 9.68. The van der Waals surface area contributed by atoms with E-state index in [9.17, 15) is 9.59 Å². The predicted octanol–water partition coefficient (Wildman–Crippen LogP) is 4.24. The Morgan fingerprint density at radius 1 is 1.25 bits per heavy atom. The molecule has 2 fully saturated rings. The maximum absolute atomic E-state index is 12.7. The molecule has 0 spiro atoms. The summed E-state index contributed by atoms with van der Waals surface area (Å²) in [6.07, 6.45) is 12.4. The second-order valence-electron chi connectivity index (χ2n) is 7.90. The van der Waals surface area contributed by atoms with Crippen molar-refractivity contribution in [2.45, 2.75) is 70.1 Å². The van der Waals surface area contributed by atoms with Gasteiger partial charge in [-0.2, -0.15) is 0 Å². The Balaban J connectivity index is 1.67. The molecule has 3 aliphatic rings. The van der Waals surface area contributed by atoms with Gasteiger partial charge in [0.15, 0.2) is 0 Å². The lowest BCUT2D eigenvalue weighted by Gasteiger charge is -2.46. The standard InChI is InChI=1S/C20H29NO2S/c1-13-16-9-10-18(21-14(2)22)17(16)11-12-20(13,3)24-19(23)15-7-5-4-6-8-15/h4-5,7,13,16-18H,6,8-12H2,1-3H3,(H,21,22). The molecule has 24 heavy (non-hydrogen) atoms. The number of hydrogen-bond donors (Lipinski definition) is 1. The first kappa shape index (κ1) is 17.8. The van der Waals surface area contributed by atoms with E-state index in [0.29, 0.717) is 23.8 Å². The molecular weight excluding hydrogens is 318 g/mol. The molecule has 0 aromatic rings. The lowest BCUT2D eigenvalue weighted by Crippen LogP contribution is -2.46. The molecule has 0 heterocycles. The zero-order chi connectivity index (χ0) is 17.3. The predicted molar refractivity (Wildman–Crippen MR) is 99.7 cm³/mol. The SMILES string of the molecule is CC(=O)NC1CCC2C1CCC(C)(SC(=O)C1=CC=CCC1)C2C. The number of hydrogen-bond acceptors (Lipinski definition) is 3. The third-order valence-corrected chi connectivity index (χ3v) is 7.94. The van der Waals surface area contributed by atoms with Gasteiger partial charge < -0.3 is 5.32 Å². The highest BCUT2D eigenvalue weighted by atomic mass is 32.2. The molecular formula is C20H29NO2S. The Morgan fingerprint density at radius 3 is 2.71 bits per heavy atom. The molecule has 132 valence electrons. The Bertz CT molecular complexity index is 582. The first-order valence-electron chi connectivity index (χ1n) is 9.27. The van der Waals surface area contributed by atoms with Crippen LogP contribution in [-0.4, -0.2) is 21.8 Å². The summed E-state index contributed by atoms with van der Waals surface area (Å²) in [4.78, 5) is 24.2.